The van der Waals surface area contributed by atoms with Gasteiger partial charge in [-0.25, -0.2) is 9.97 Å². The van der Waals surface area contributed by atoms with Gasteiger partial charge >= 0.3 is 0 Å². The topological polar surface area (TPSA) is 90.6 Å². The van der Waals surface area contributed by atoms with Gasteiger partial charge in [-0.1, -0.05) is 24.3 Å². The quantitative estimate of drug-likeness (QED) is 0.562. The van der Waals surface area contributed by atoms with Crippen LogP contribution in [0.2, 0.25) is 0 Å². The molecule has 0 saturated carbocycles. The number of hydrogen-bond donors (Lipinski definition) is 2. The van der Waals surface area contributed by atoms with Crippen molar-refractivity contribution < 1.29 is 4.79 Å². The van der Waals surface area contributed by atoms with Gasteiger partial charge in [0.15, 0.2) is 5.82 Å². The van der Waals surface area contributed by atoms with Gasteiger partial charge in [-0.3, -0.25) is 9.89 Å². The van der Waals surface area contributed by atoms with Gasteiger partial charge in [0.05, 0.1) is 11.0 Å². The van der Waals surface area contributed by atoms with Crippen molar-refractivity contribution in [2.24, 2.45) is 0 Å². The summed E-state index contributed by atoms with van der Waals surface area (Å²) in [7, 11) is 0. The number of nitrogens with zero attached hydrogens (tertiary/aromatic N) is 4. The highest BCUT2D eigenvalue weighted by atomic mass is 16.2. The van der Waals surface area contributed by atoms with E-state index < -0.39 is 0 Å². The number of piperidine rings is 1. The summed E-state index contributed by atoms with van der Waals surface area (Å²) >= 11 is 0. The fraction of sp³-hybridized carbons (Fsp3) is 0.273. The van der Waals surface area contributed by atoms with Crippen LogP contribution in [0, 0.1) is 6.92 Å². The number of aromatic nitrogens is 5. The number of benzene rings is 2. The minimum atomic E-state index is 0.0612. The minimum Gasteiger partial charge on any atom is -0.342 e. The van der Waals surface area contributed by atoms with Crippen molar-refractivity contribution in [2.45, 2.75) is 25.7 Å². The smallest absolute Gasteiger partial charge is 0.253 e. The third-order valence-electron chi connectivity index (χ3n) is 5.65. The number of likely N-dealkylation sites (tertiary alicyclic amines) is 1. The lowest BCUT2D eigenvalue weighted by atomic mass is 9.96. The predicted octanol–water partition coefficient (Wildman–Crippen LogP) is 3.68. The molecule has 0 bridgehead atoms. The molecule has 146 valence electrons. The Morgan fingerprint density at radius 1 is 1.17 bits per heavy atom. The third-order valence-corrected chi connectivity index (χ3v) is 5.65. The molecule has 1 aliphatic heterocycles. The zero-order valence-electron chi connectivity index (χ0n) is 16.2. The maximum absolute atomic E-state index is 13.1. The van der Waals surface area contributed by atoms with Crippen molar-refractivity contribution in [3.63, 3.8) is 0 Å². The van der Waals surface area contributed by atoms with Gasteiger partial charge in [-0.2, -0.15) is 5.10 Å². The molecule has 1 fully saturated rings. The first-order valence-corrected chi connectivity index (χ1v) is 9.89. The predicted molar refractivity (Wildman–Crippen MR) is 111 cm³/mol. The Kier molecular flexibility index (Phi) is 4.35. The van der Waals surface area contributed by atoms with Crippen molar-refractivity contribution in [3.05, 3.63) is 65.7 Å². The largest absolute Gasteiger partial charge is 0.342 e. The highest BCUT2D eigenvalue weighted by molar-refractivity contribution is 5.94. The van der Waals surface area contributed by atoms with Crippen LogP contribution in [-0.2, 0) is 0 Å². The van der Waals surface area contributed by atoms with E-state index in [9.17, 15) is 4.79 Å². The number of para-hydroxylation sites is 1. The monoisotopic (exact) mass is 386 g/mol. The van der Waals surface area contributed by atoms with Crippen LogP contribution in [0.1, 0.15) is 40.5 Å². The lowest BCUT2D eigenvalue weighted by Gasteiger charge is -2.32. The second kappa shape index (κ2) is 7.16. The molecule has 29 heavy (non-hydrogen) atoms. The fourth-order valence-electron chi connectivity index (χ4n) is 4.07. The van der Waals surface area contributed by atoms with Crippen LogP contribution in [0.3, 0.4) is 0 Å². The molecule has 2 aromatic carbocycles. The Hall–Kier alpha value is -3.48. The normalized spacial score (nSPS) is 17.0. The van der Waals surface area contributed by atoms with Crippen molar-refractivity contribution in [3.8, 4) is 11.4 Å². The summed E-state index contributed by atoms with van der Waals surface area (Å²) in [4.78, 5) is 27.4. The van der Waals surface area contributed by atoms with Gasteiger partial charge in [-0.05, 0) is 43.5 Å². The van der Waals surface area contributed by atoms with Crippen molar-refractivity contribution in [1.29, 1.82) is 0 Å². The van der Waals surface area contributed by atoms with Crippen LogP contribution in [0.5, 0.6) is 0 Å². The molecule has 7 nitrogen and oxygen atoms in total. The molecule has 1 saturated heterocycles. The Labute approximate surface area is 168 Å². The zero-order valence-corrected chi connectivity index (χ0v) is 16.2. The van der Waals surface area contributed by atoms with E-state index in [2.05, 4.69) is 39.2 Å². The Balaban J connectivity index is 1.34. The molecule has 2 aromatic heterocycles. The summed E-state index contributed by atoms with van der Waals surface area (Å²) in [5, 5.41) is 6.70. The Morgan fingerprint density at radius 3 is 2.79 bits per heavy atom. The highest BCUT2D eigenvalue weighted by Crippen LogP contribution is 2.28. The number of amides is 1. The SMILES string of the molecule is Cc1cccc2[nH]c([C@@H]3CCCN(C(=O)c4ccc(-c5ncn[nH]5)cc4)C3)nc12. The van der Waals surface area contributed by atoms with E-state index in [1.54, 1.807) is 0 Å². The van der Waals surface area contributed by atoms with Gasteiger partial charge in [-0.15, -0.1) is 0 Å². The molecule has 0 unspecified atom stereocenters. The van der Waals surface area contributed by atoms with E-state index in [4.69, 9.17) is 4.98 Å². The lowest BCUT2D eigenvalue weighted by molar-refractivity contribution is 0.0705. The maximum atomic E-state index is 13.1. The number of carbonyl (C=O) groups excluding carboxylic acids is 1. The molecule has 1 atom stereocenters. The number of aromatic amines is 2. The number of hydrogen-bond acceptors (Lipinski definition) is 4. The molecule has 0 aliphatic carbocycles. The van der Waals surface area contributed by atoms with Crippen LogP contribution in [0.4, 0.5) is 0 Å². The van der Waals surface area contributed by atoms with Gasteiger partial charge in [0.1, 0.15) is 12.2 Å². The molecule has 1 amide bonds. The Bertz CT molecular complexity index is 1150. The summed E-state index contributed by atoms with van der Waals surface area (Å²) in [6.07, 6.45) is 3.48. The Morgan fingerprint density at radius 2 is 2.03 bits per heavy atom. The molecule has 0 radical (unpaired) electrons. The molecule has 0 spiro atoms. The van der Waals surface area contributed by atoms with Gasteiger partial charge in [0, 0.05) is 30.1 Å². The summed E-state index contributed by atoms with van der Waals surface area (Å²) in [6.45, 7) is 3.53. The zero-order chi connectivity index (χ0) is 19.8. The summed E-state index contributed by atoms with van der Waals surface area (Å²) in [5.41, 5.74) is 4.85. The fourth-order valence-corrected chi connectivity index (χ4v) is 4.07. The third kappa shape index (κ3) is 3.29. The van der Waals surface area contributed by atoms with Crippen LogP contribution < -0.4 is 0 Å². The number of H-pyrrole nitrogens is 2. The summed E-state index contributed by atoms with van der Waals surface area (Å²) in [5.74, 6) is 1.97. The number of fused-ring (bicyclic) bond motifs is 1. The van der Waals surface area contributed by atoms with Crippen molar-refractivity contribution in [2.75, 3.05) is 13.1 Å². The second-order valence-corrected chi connectivity index (χ2v) is 7.59. The standard InChI is InChI=1S/C22H22N6O/c1-14-4-2-6-18-19(14)26-21(25-18)17-5-3-11-28(12-17)22(29)16-9-7-15(8-10-16)20-23-13-24-27-20/h2,4,6-10,13,17H,3,5,11-12H2,1H3,(H,25,26)(H,23,24,27)/t17-/m1/s1. The van der Waals surface area contributed by atoms with Crippen LogP contribution in [0.25, 0.3) is 22.4 Å². The molecule has 7 heteroatoms. The van der Waals surface area contributed by atoms with Crippen LogP contribution in [0.15, 0.2) is 48.8 Å². The highest BCUT2D eigenvalue weighted by Gasteiger charge is 2.27. The first-order chi connectivity index (χ1) is 14.2. The average molecular weight is 386 g/mol. The van der Waals surface area contributed by atoms with E-state index in [0.717, 1.165) is 41.8 Å². The number of nitrogens with one attached hydrogen (secondary N) is 2. The number of aryl methyl sites for hydroxylation is 1. The molecule has 5 rings (SSSR count). The molecule has 2 N–H and O–H groups in total. The van der Waals surface area contributed by atoms with E-state index in [0.29, 0.717) is 17.9 Å². The summed E-state index contributed by atoms with van der Waals surface area (Å²) < 4.78 is 0. The molecular formula is C22H22N6O. The van der Waals surface area contributed by atoms with Gasteiger partial charge < -0.3 is 9.88 Å². The molecule has 4 aromatic rings. The molecule has 3 heterocycles. The van der Waals surface area contributed by atoms with Crippen molar-refractivity contribution in [1.82, 2.24) is 30.0 Å². The average Bonchev–Trinajstić information content (AvgIpc) is 3.44. The minimum absolute atomic E-state index is 0.0612. The lowest BCUT2D eigenvalue weighted by Crippen LogP contribution is -2.39. The number of imidazole rings is 1. The summed E-state index contributed by atoms with van der Waals surface area (Å²) in [6, 6.07) is 13.7. The van der Waals surface area contributed by atoms with E-state index in [-0.39, 0.29) is 11.8 Å². The first-order valence-electron chi connectivity index (χ1n) is 9.89. The van der Waals surface area contributed by atoms with E-state index >= 15 is 0 Å². The van der Waals surface area contributed by atoms with Crippen LogP contribution >= 0.6 is 0 Å². The van der Waals surface area contributed by atoms with Gasteiger partial charge in [0.2, 0.25) is 0 Å². The number of rotatable bonds is 3. The van der Waals surface area contributed by atoms with Crippen LogP contribution in [-0.4, -0.2) is 49.0 Å². The van der Waals surface area contributed by atoms with E-state index in [1.165, 1.54) is 11.9 Å². The molecular weight excluding hydrogens is 364 g/mol. The van der Waals surface area contributed by atoms with Gasteiger partial charge in [0.25, 0.3) is 5.91 Å². The first kappa shape index (κ1) is 17.6. The second-order valence-electron chi connectivity index (χ2n) is 7.59. The maximum Gasteiger partial charge on any atom is 0.253 e. The van der Waals surface area contributed by atoms with E-state index in [1.807, 2.05) is 35.2 Å². The number of carbonyl (C=O) groups is 1. The van der Waals surface area contributed by atoms with Crippen molar-refractivity contribution >= 4 is 16.9 Å². The molecule has 1 aliphatic rings.